The molecule has 1 fully saturated rings. The van der Waals surface area contributed by atoms with Crippen LogP contribution in [-0.2, 0) is 5.41 Å². The average Bonchev–Trinajstić information content (AvgIpc) is 3.01. The largest absolute Gasteiger partial charge is 0.0619 e. The number of benzene rings is 4. The molecule has 0 saturated heterocycles. The minimum absolute atomic E-state index is 0.0428. The normalized spacial score (nSPS) is 18.1. The fraction of sp³-hybridized carbons (Fsp3) is 0.310. The van der Waals surface area contributed by atoms with Gasteiger partial charge >= 0.3 is 0 Å². The minimum Gasteiger partial charge on any atom is -0.0619 e. The van der Waals surface area contributed by atoms with Crippen LogP contribution in [0.3, 0.4) is 0 Å². The van der Waals surface area contributed by atoms with Crippen LogP contribution in [0.5, 0.6) is 0 Å². The first kappa shape index (κ1) is 17.3. The highest BCUT2D eigenvalue weighted by Gasteiger charge is 2.36. The zero-order chi connectivity index (χ0) is 19.6. The van der Waals surface area contributed by atoms with Crippen molar-refractivity contribution in [1.29, 1.82) is 0 Å². The Hall–Kier alpha value is -2.60. The van der Waals surface area contributed by atoms with E-state index in [-0.39, 0.29) is 5.41 Å². The van der Waals surface area contributed by atoms with E-state index in [9.17, 15) is 0 Å². The lowest BCUT2D eigenvalue weighted by Gasteiger charge is -2.24. The van der Waals surface area contributed by atoms with E-state index in [2.05, 4.69) is 80.6 Å². The monoisotopic (exact) mass is 376 g/mol. The molecule has 4 aromatic carbocycles. The summed E-state index contributed by atoms with van der Waals surface area (Å²) in [5.41, 5.74) is 7.36. The van der Waals surface area contributed by atoms with E-state index >= 15 is 0 Å². The predicted octanol–water partition coefficient (Wildman–Crippen LogP) is 8.35. The van der Waals surface area contributed by atoms with Crippen LogP contribution in [-0.4, -0.2) is 0 Å². The number of hydrogen-bond acceptors (Lipinski definition) is 0. The number of rotatable bonds is 1. The molecule has 144 valence electrons. The lowest BCUT2D eigenvalue weighted by molar-refractivity contribution is 0.444. The van der Waals surface area contributed by atoms with E-state index in [1.165, 1.54) is 75.9 Å². The van der Waals surface area contributed by atoms with Crippen LogP contribution in [0.15, 0.2) is 66.7 Å². The van der Waals surface area contributed by atoms with Crippen molar-refractivity contribution < 1.29 is 0 Å². The second kappa shape index (κ2) is 6.20. The van der Waals surface area contributed by atoms with Gasteiger partial charge in [0.25, 0.3) is 0 Å². The molecule has 0 amide bonds. The molecule has 0 spiro atoms. The summed E-state index contributed by atoms with van der Waals surface area (Å²) in [7, 11) is 0. The molecule has 0 aliphatic heterocycles. The van der Waals surface area contributed by atoms with Gasteiger partial charge in [-0.1, -0.05) is 99.8 Å². The van der Waals surface area contributed by atoms with Crippen LogP contribution in [0.4, 0.5) is 0 Å². The Morgan fingerprint density at radius 3 is 2.31 bits per heavy atom. The molecule has 2 aliphatic carbocycles. The van der Waals surface area contributed by atoms with Crippen molar-refractivity contribution >= 4 is 21.5 Å². The molecule has 0 atom stereocenters. The van der Waals surface area contributed by atoms with Gasteiger partial charge in [-0.3, -0.25) is 0 Å². The van der Waals surface area contributed by atoms with Crippen molar-refractivity contribution in [3.8, 4) is 11.1 Å². The standard InChI is InChI=1S/C29H28/c1-29(2)27-11-7-6-10-24(27)26-17-16-23-22-14-12-20(19-8-4-3-5-9-19)18-21(22)13-15-25(23)28(26)29/h6-7,10-19H,3-5,8-9H2,1-2H3. The van der Waals surface area contributed by atoms with Crippen LogP contribution >= 0.6 is 0 Å². The van der Waals surface area contributed by atoms with Crippen molar-refractivity contribution in [2.24, 2.45) is 0 Å². The van der Waals surface area contributed by atoms with Crippen molar-refractivity contribution in [3.63, 3.8) is 0 Å². The highest BCUT2D eigenvalue weighted by atomic mass is 14.4. The van der Waals surface area contributed by atoms with E-state index < -0.39 is 0 Å². The quantitative estimate of drug-likeness (QED) is 0.293. The Morgan fingerprint density at radius 1 is 0.690 bits per heavy atom. The van der Waals surface area contributed by atoms with Crippen molar-refractivity contribution in [1.82, 2.24) is 0 Å². The van der Waals surface area contributed by atoms with Gasteiger partial charge in [0.2, 0.25) is 0 Å². The predicted molar refractivity (Wildman–Crippen MR) is 125 cm³/mol. The van der Waals surface area contributed by atoms with Gasteiger partial charge in [-0.15, -0.1) is 0 Å². The van der Waals surface area contributed by atoms with Crippen LogP contribution in [0, 0.1) is 0 Å². The van der Waals surface area contributed by atoms with E-state index in [4.69, 9.17) is 0 Å². The topological polar surface area (TPSA) is 0 Å². The Morgan fingerprint density at radius 2 is 1.45 bits per heavy atom. The molecule has 0 radical (unpaired) electrons. The molecule has 0 heterocycles. The summed E-state index contributed by atoms with van der Waals surface area (Å²) in [5, 5.41) is 5.62. The number of fused-ring (bicyclic) bond motifs is 7. The van der Waals surface area contributed by atoms with Crippen LogP contribution in [0.1, 0.15) is 68.6 Å². The third kappa shape index (κ3) is 2.45. The molecule has 0 aromatic heterocycles. The first-order chi connectivity index (χ1) is 14.1. The highest BCUT2D eigenvalue weighted by molar-refractivity contribution is 6.11. The maximum absolute atomic E-state index is 2.47. The van der Waals surface area contributed by atoms with E-state index in [1.807, 2.05) is 0 Å². The molecule has 1 saturated carbocycles. The van der Waals surface area contributed by atoms with Crippen LogP contribution in [0.25, 0.3) is 32.7 Å². The van der Waals surface area contributed by atoms with E-state index in [1.54, 1.807) is 5.56 Å². The smallest absolute Gasteiger partial charge is 0.0165 e. The zero-order valence-electron chi connectivity index (χ0n) is 17.5. The summed E-state index contributed by atoms with van der Waals surface area (Å²) in [6.45, 7) is 4.76. The molecule has 0 N–H and O–H groups in total. The molecular formula is C29H28. The molecule has 0 nitrogen and oxygen atoms in total. The van der Waals surface area contributed by atoms with Crippen LogP contribution in [0.2, 0.25) is 0 Å². The molecular weight excluding hydrogens is 348 g/mol. The maximum Gasteiger partial charge on any atom is 0.0165 e. The van der Waals surface area contributed by atoms with E-state index in [0.717, 1.165) is 5.92 Å². The highest BCUT2D eigenvalue weighted by Crippen LogP contribution is 2.51. The summed E-state index contributed by atoms with van der Waals surface area (Å²) in [6.07, 6.45) is 6.92. The second-order valence-corrected chi connectivity index (χ2v) is 9.63. The molecule has 0 heteroatoms. The van der Waals surface area contributed by atoms with Crippen LogP contribution < -0.4 is 0 Å². The van der Waals surface area contributed by atoms with Gasteiger partial charge in [-0.2, -0.15) is 0 Å². The molecule has 6 rings (SSSR count). The summed E-state index contributed by atoms with van der Waals surface area (Å²) >= 11 is 0. The average molecular weight is 377 g/mol. The Kier molecular flexibility index (Phi) is 3.69. The first-order valence-corrected chi connectivity index (χ1v) is 11.2. The van der Waals surface area contributed by atoms with Gasteiger partial charge in [0, 0.05) is 5.41 Å². The molecule has 4 aromatic rings. The SMILES string of the molecule is CC1(C)c2ccccc2-c2ccc3c(ccc4cc(C5CCCCC5)ccc43)c21. The van der Waals surface area contributed by atoms with Gasteiger partial charge in [-0.25, -0.2) is 0 Å². The van der Waals surface area contributed by atoms with Gasteiger partial charge in [0.15, 0.2) is 0 Å². The zero-order valence-corrected chi connectivity index (χ0v) is 17.5. The number of hydrogen-bond donors (Lipinski definition) is 0. The second-order valence-electron chi connectivity index (χ2n) is 9.63. The lowest BCUT2D eigenvalue weighted by Crippen LogP contribution is -2.15. The summed E-state index contributed by atoms with van der Waals surface area (Å²) in [6, 6.07) is 25.7. The Labute approximate surface area is 173 Å². The molecule has 0 unspecified atom stereocenters. The van der Waals surface area contributed by atoms with Crippen molar-refractivity contribution in [3.05, 3.63) is 83.4 Å². The first-order valence-electron chi connectivity index (χ1n) is 11.2. The van der Waals surface area contributed by atoms with Gasteiger partial charge < -0.3 is 0 Å². The molecule has 0 bridgehead atoms. The maximum atomic E-state index is 2.47. The minimum atomic E-state index is 0.0428. The van der Waals surface area contributed by atoms with E-state index in [0.29, 0.717) is 0 Å². The third-order valence-corrected chi connectivity index (χ3v) is 7.63. The summed E-state index contributed by atoms with van der Waals surface area (Å²) in [4.78, 5) is 0. The van der Waals surface area contributed by atoms with Gasteiger partial charge in [0.1, 0.15) is 0 Å². The Balaban J connectivity index is 1.56. The summed E-state index contributed by atoms with van der Waals surface area (Å²) < 4.78 is 0. The fourth-order valence-electron chi connectivity index (χ4n) is 6.15. The molecule has 29 heavy (non-hydrogen) atoms. The Bertz CT molecular complexity index is 1250. The van der Waals surface area contributed by atoms with Gasteiger partial charge in [-0.05, 0) is 68.1 Å². The lowest BCUT2D eigenvalue weighted by atomic mass is 9.79. The molecule has 2 aliphatic rings. The summed E-state index contributed by atoms with van der Waals surface area (Å²) in [5.74, 6) is 0.761. The van der Waals surface area contributed by atoms with Gasteiger partial charge in [0.05, 0.1) is 0 Å². The third-order valence-electron chi connectivity index (χ3n) is 7.63. The van der Waals surface area contributed by atoms with Crippen molar-refractivity contribution in [2.75, 3.05) is 0 Å². The fourth-order valence-corrected chi connectivity index (χ4v) is 6.15. The van der Waals surface area contributed by atoms with Crippen molar-refractivity contribution in [2.45, 2.75) is 57.3 Å².